The first kappa shape index (κ1) is 12.0. The molecule has 2 N–H and O–H groups in total. The first-order valence-electron chi connectivity index (χ1n) is 5.91. The smallest absolute Gasteiger partial charge is 0.0276 e. The van der Waals surface area contributed by atoms with Gasteiger partial charge >= 0.3 is 0 Å². The average molecular weight is 236 g/mol. The highest BCUT2D eigenvalue weighted by Crippen LogP contribution is 2.28. The van der Waals surface area contributed by atoms with E-state index in [4.69, 9.17) is 5.73 Å². The molecule has 2 rings (SSSR count). The molecule has 1 aromatic carbocycles. The Kier molecular flexibility index (Phi) is 3.90. The van der Waals surface area contributed by atoms with Gasteiger partial charge in [0.15, 0.2) is 0 Å². The van der Waals surface area contributed by atoms with Crippen LogP contribution in [0.3, 0.4) is 0 Å². The van der Waals surface area contributed by atoms with E-state index in [1.165, 1.54) is 5.56 Å². The average Bonchev–Trinajstić information content (AvgIpc) is 2.34. The van der Waals surface area contributed by atoms with Crippen LogP contribution in [-0.2, 0) is 6.54 Å². The van der Waals surface area contributed by atoms with E-state index in [9.17, 15) is 0 Å². The summed E-state index contributed by atoms with van der Waals surface area (Å²) >= 11 is 4.67. The van der Waals surface area contributed by atoms with Crippen molar-refractivity contribution in [3.63, 3.8) is 0 Å². The first-order chi connectivity index (χ1) is 7.72. The molecular formula is C13H20N2S. The van der Waals surface area contributed by atoms with Crippen LogP contribution in [0.2, 0.25) is 0 Å². The van der Waals surface area contributed by atoms with Crippen LogP contribution < -0.4 is 5.73 Å². The second kappa shape index (κ2) is 5.21. The first-order valence-corrected chi connectivity index (χ1v) is 6.35. The SMILES string of the molecule is NCC1(S)CCN(Cc2ccccc2)CC1. The molecule has 0 amide bonds. The molecule has 2 nitrogen and oxygen atoms in total. The van der Waals surface area contributed by atoms with Gasteiger partial charge in [0.1, 0.15) is 0 Å². The largest absolute Gasteiger partial charge is 0.329 e. The van der Waals surface area contributed by atoms with Gasteiger partial charge in [-0.1, -0.05) is 30.3 Å². The summed E-state index contributed by atoms with van der Waals surface area (Å²) in [6.07, 6.45) is 2.19. The van der Waals surface area contributed by atoms with Gasteiger partial charge in [-0.05, 0) is 31.5 Å². The van der Waals surface area contributed by atoms with E-state index in [-0.39, 0.29) is 4.75 Å². The fraction of sp³-hybridized carbons (Fsp3) is 0.538. The van der Waals surface area contributed by atoms with Gasteiger partial charge in [0, 0.05) is 17.8 Å². The zero-order valence-electron chi connectivity index (χ0n) is 9.60. The maximum atomic E-state index is 5.74. The van der Waals surface area contributed by atoms with Crippen molar-refractivity contribution in [3.8, 4) is 0 Å². The normalized spacial score (nSPS) is 20.9. The topological polar surface area (TPSA) is 29.3 Å². The summed E-state index contributed by atoms with van der Waals surface area (Å²) in [4.78, 5) is 2.49. The minimum atomic E-state index is 0.0766. The molecule has 0 bridgehead atoms. The van der Waals surface area contributed by atoms with Crippen molar-refractivity contribution in [2.75, 3.05) is 19.6 Å². The maximum Gasteiger partial charge on any atom is 0.0276 e. The van der Waals surface area contributed by atoms with Crippen LogP contribution in [0.5, 0.6) is 0 Å². The monoisotopic (exact) mass is 236 g/mol. The third-order valence-electron chi connectivity index (χ3n) is 3.42. The summed E-state index contributed by atoms with van der Waals surface area (Å²) < 4.78 is 0.0766. The van der Waals surface area contributed by atoms with Crippen LogP contribution in [0, 0.1) is 0 Å². The highest BCUT2D eigenvalue weighted by atomic mass is 32.1. The maximum absolute atomic E-state index is 5.74. The molecule has 16 heavy (non-hydrogen) atoms. The third kappa shape index (κ3) is 3.00. The Hall–Kier alpha value is -0.510. The van der Waals surface area contributed by atoms with Gasteiger partial charge in [-0.15, -0.1) is 0 Å². The van der Waals surface area contributed by atoms with Crippen LogP contribution in [0.4, 0.5) is 0 Å². The van der Waals surface area contributed by atoms with E-state index >= 15 is 0 Å². The molecule has 1 aromatic rings. The zero-order chi connectivity index (χ0) is 11.4. The quantitative estimate of drug-likeness (QED) is 0.785. The van der Waals surface area contributed by atoms with E-state index in [1.807, 2.05) is 0 Å². The number of likely N-dealkylation sites (tertiary alicyclic amines) is 1. The second-order valence-electron chi connectivity index (χ2n) is 4.69. The molecule has 1 aliphatic heterocycles. The van der Waals surface area contributed by atoms with Crippen molar-refractivity contribution < 1.29 is 0 Å². The lowest BCUT2D eigenvalue weighted by atomic mass is 9.95. The lowest BCUT2D eigenvalue weighted by Gasteiger charge is -2.37. The fourth-order valence-electron chi connectivity index (χ4n) is 2.17. The number of nitrogens with zero attached hydrogens (tertiary/aromatic N) is 1. The minimum absolute atomic E-state index is 0.0766. The summed E-state index contributed by atoms with van der Waals surface area (Å²) in [6.45, 7) is 3.95. The molecule has 0 saturated carbocycles. The van der Waals surface area contributed by atoms with Crippen molar-refractivity contribution in [2.45, 2.75) is 24.1 Å². The van der Waals surface area contributed by atoms with Crippen molar-refractivity contribution in [3.05, 3.63) is 35.9 Å². The molecular weight excluding hydrogens is 216 g/mol. The van der Waals surface area contributed by atoms with E-state index in [0.29, 0.717) is 6.54 Å². The van der Waals surface area contributed by atoms with E-state index < -0.39 is 0 Å². The molecule has 3 heteroatoms. The predicted octanol–water partition coefficient (Wildman–Crippen LogP) is 1.91. The Labute approximate surface area is 103 Å². The van der Waals surface area contributed by atoms with Crippen molar-refractivity contribution in [2.24, 2.45) is 5.73 Å². The Bertz CT molecular complexity index is 318. The highest BCUT2D eigenvalue weighted by Gasteiger charge is 2.29. The van der Waals surface area contributed by atoms with E-state index in [0.717, 1.165) is 32.5 Å². The molecule has 88 valence electrons. The molecule has 1 heterocycles. The van der Waals surface area contributed by atoms with Gasteiger partial charge in [0.2, 0.25) is 0 Å². The molecule has 0 aliphatic carbocycles. The summed E-state index contributed by atoms with van der Waals surface area (Å²) in [6, 6.07) is 10.6. The van der Waals surface area contributed by atoms with Crippen LogP contribution in [0.15, 0.2) is 30.3 Å². The molecule has 0 aromatic heterocycles. The lowest BCUT2D eigenvalue weighted by Crippen LogP contribution is -2.44. The summed E-state index contributed by atoms with van der Waals surface area (Å²) in [5.41, 5.74) is 7.13. The number of hydrogen-bond donors (Lipinski definition) is 2. The molecule has 0 radical (unpaired) electrons. The van der Waals surface area contributed by atoms with Gasteiger partial charge in [-0.3, -0.25) is 4.90 Å². The predicted molar refractivity (Wildman–Crippen MR) is 71.7 cm³/mol. The number of nitrogens with two attached hydrogens (primary N) is 1. The van der Waals surface area contributed by atoms with Gasteiger partial charge in [0.25, 0.3) is 0 Å². The Morgan fingerprint density at radius 3 is 2.38 bits per heavy atom. The second-order valence-corrected chi connectivity index (χ2v) is 5.64. The molecule has 0 atom stereocenters. The lowest BCUT2D eigenvalue weighted by molar-refractivity contribution is 0.195. The van der Waals surface area contributed by atoms with Gasteiger partial charge in [0.05, 0.1) is 0 Å². The van der Waals surface area contributed by atoms with Crippen molar-refractivity contribution in [1.82, 2.24) is 4.90 Å². The summed E-state index contributed by atoms with van der Waals surface area (Å²) in [5, 5.41) is 0. The number of piperidine rings is 1. The number of rotatable bonds is 3. The summed E-state index contributed by atoms with van der Waals surface area (Å²) in [5.74, 6) is 0. The molecule has 1 saturated heterocycles. The Balaban J connectivity index is 1.86. The number of thiol groups is 1. The van der Waals surface area contributed by atoms with E-state index in [1.54, 1.807) is 0 Å². The van der Waals surface area contributed by atoms with E-state index in [2.05, 4.69) is 47.9 Å². The van der Waals surface area contributed by atoms with Gasteiger partial charge in [-0.25, -0.2) is 0 Å². The highest BCUT2D eigenvalue weighted by molar-refractivity contribution is 7.81. The van der Waals surface area contributed by atoms with Crippen LogP contribution in [0.1, 0.15) is 18.4 Å². The minimum Gasteiger partial charge on any atom is -0.329 e. The summed E-state index contributed by atoms with van der Waals surface area (Å²) in [7, 11) is 0. The van der Waals surface area contributed by atoms with Crippen LogP contribution in [0.25, 0.3) is 0 Å². The Morgan fingerprint density at radius 2 is 1.81 bits per heavy atom. The van der Waals surface area contributed by atoms with Crippen molar-refractivity contribution >= 4 is 12.6 Å². The van der Waals surface area contributed by atoms with Gasteiger partial charge < -0.3 is 5.73 Å². The fourth-order valence-corrected chi connectivity index (χ4v) is 2.37. The molecule has 1 aliphatic rings. The van der Waals surface area contributed by atoms with Crippen LogP contribution in [-0.4, -0.2) is 29.3 Å². The third-order valence-corrected chi connectivity index (χ3v) is 4.05. The van der Waals surface area contributed by atoms with Crippen molar-refractivity contribution in [1.29, 1.82) is 0 Å². The Morgan fingerprint density at radius 1 is 1.19 bits per heavy atom. The molecule has 1 fully saturated rings. The zero-order valence-corrected chi connectivity index (χ0v) is 10.5. The molecule has 0 spiro atoms. The van der Waals surface area contributed by atoms with Crippen LogP contribution >= 0.6 is 12.6 Å². The number of hydrogen-bond acceptors (Lipinski definition) is 3. The van der Waals surface area contributed by atoms with Gasteiger partial charge in [-0.2, -0.15) is 12.6 Å². The number of benzene rings is 1. The standard InChI is InChI=1S/C13H20N2S/c14-11-13(16)6-8-15(9-7-13)10-12-4-2-1-3-5-12/h1-5,16H,6-11,14H2. The molecule has 0 unspecified atom stereocenters.